The summed E-state index contributed by atoms with van der Waals surface area (Å²) in [5.41, 5.74) is 0.446. The van der Waals surface area contributed by atoms with Crippen molar-refractivity contribution in [3.8, 4) is 5.75 Å². The minimum absolute atomic E-state index is 0.0433. The van der Waals surface area contributed by atoms with Gasteiger partial charge in [0.25, 0.3) is 0 Å². The third kappa shape index (κ3) is 2.12. The predicted octanol–water partition coefficient (Wildman–Crippen LogP) is 1.21. The number of aliphatic carboxylic acids is 1. The number of fused-ring (bicyclic) bond motifs is 2. The second-order valence-electron chi connectivity index (χ2n) is 5.22. The zero-order valence-electron chi connectivity index (χ0n) is 10.7. The first-order chi connectivity index (χ1) is 9.56. The van der Waals surface area contributed by atoms with Crippen LogP contribution in [-0.2, 0) is 14.3 Å². The van der Waals surface area contributed by atoms with Crippen molar-refractivity contribution in [2.45, 2.75) is 25.0 Å². The summed E-state index contributed by atoms with van der Waals surface area (Å²) in [7, 11) is 0. The molecule has 2 heterocycles. The molecular formula is C14H15NO5. The Morgan fingerprint density at radius 1 is 1.20 bits per heavy atom. The molecule has 106 valence electrons. The van der Waals surface area contributed by atoms with Crippen molar-refractivity contribution >= 4 is 17.6 Å². The lowest BCUT2D eigenvalue weighted by Crippen LogP contribution is -2.40. The number of phenolic OH excluding ortho intramolecular Hbond substituents is 1. The predicted molar refractivity (Wildman–Crippen MR) is 69.2 cm³/mol. The average molecular weight is 277 g/mol. The quantitative estimate of drug-likeness (QED) is 0.771. The molecule has 2 saturated heterocycles. The summed E-state index contributed by atoms with van der Waals surface area (Å²) in [6, 6.07) is 6.16. The number of aromatic hydroxyl groups is 1. The van der Waals surface area contributed by atoms with Crippen LogP contribution in [0.15, 0.2) is 24.3 Å². The lowest BCUT2D eigenvalue weighted by molar-refractivity contribution is -0.147. The van der Waals surface area contributed by atoms with E-state index < -0.39 is 17.8 Å². The van der Waals surface area contributed by atoms with E-state index in [1.165, 1.54) is 12.1 Å². The number of phenols is 1. The molecule has 0 aliphatic carbocycles. The Labute approximate surface area is 115 Å². The number of nitrogens with one attached hydrogen (secondary N) is 1. The molecule has 0 unspecified atom stereocenters. The van der Waals surface area contributed by atoms with E-state index in [4.69, 9.17) is 4.74 Å². The molecule has 0 saturated carbocycles. The molecule has 3 rings (SSSR count). The molecular weight excluding hydrogens is 262 g/mol. The van der Waals surface area contributed by atoms with Gasteiger partial charge in [-0.1, -0.05) is 6.07 Å². The van der Waals surface area contributed by atoms with Gasteiger partial charge in [0.1, 0.15) is 5.75 Å². The third-order valence-corrected chi connectivity index (χ3v) is 3.97. The van der Waals surface area contributed by atoms with Gasteiger partial charge >= 0.3 is 5.97 Å². The van der Waals surface area contributed by atoms with Crippen LogP contribution in [0.1, 0.15) is 12.8 Å². The molecule has 1 aromatic carbocycles. The highest BCUT2D eigenvalue weighted by atomic mass is 16.5. The number of hydrogen-bond donors (Lipinski definition) is 3. The monoisotopic (exact) mass is 277 g/mol. The molecule has 2 aliphatic rings. The second-order valence-corrected chi connectivity index (χ2v) is 5.22. The number of amides is 1. The smallest absolute Gasteiger partial charge is 0.310 e. The van der Waals surface area contributed by atoms with Crippen molar-refractivity contribution in [3.63, 3.8) is 0 Å². The van der Waals surface area contributed by atoms with Crippen molar-refractivity contribution in [1.82, 2.24) is 0 Å². The second kappa shape index (κ2) is 4.79. The Balaban J connectivity index is 1.78. The Morgan fingerprint density at radius 3 is 2.55 bits per heavy atom. The van der Waals surface area contributed by atoms with E-state index in [0.29, 0.717) is 18.5 Å². The van der Waals surface area contributed by atoms with Crippen LogP contribution in [0.5, 0.6) is 5.75 Å². The van der Waals surface area contributed by atoms with Gasteiger partial charge in [0.05, 0.1) is 24.0 Å². The summed E-state index contributed by atoms with van der Waals surface area (Å²) in [4.78, 5) is 23.6. The van der Waals surface area contributed by atoms with Crippen LogP contribution in [0, 0.1) is 11.8 Å². The minimum Gasteiger partial charge on any atom is -0.508 e. The topological polar surface area (TPSA) is 95.9 Å². The number of carbonyl (C=O) groups is 2. The number of rotatable bonds is 3. The third-order valence-electron chi connectivity index (χ3n) is 3.97. The van der Waals surface area contributed by atoms with Crippen molar-refractivity contribution in [1.29, 1.82) is 0 Å². The van der Waals surface area contributed by atoms with Gasteiger partial charge in [-0.05, 0) is 25.0 Å². The zero-order chi connectivity index (χ0) is 14.3. The van der Waals surface area contributed by atoms with E-state index >= 15 is 0 Å². The normalized spacial score (nSPS) is 31.2. The lowest BCUT2D eigenvalue weighted by atomic mass is 9.78. The molecule has 2 bridgehead atoms. The average Bonchev–Trinajstić information content (AvgIpc) is 2.98. The van der Waals surface area contributed by atoms with Gasteiger partial charge in [0.15, 0.2) is 0 Å². The molecule has 0 spiro atoms. The van der Waals surface area contributed by atoms with E-state index in [2.05, 4.69) is 5.32 Å². The summed E-state index contributed by atoms with van der Waals surface area (Å²) < 4.78 is 5.55. The van der Waals surface area contributed by atoms with Crippen LogP contribution in [0.2, 0.25) is 0 Å². The minimum atomic E-state index is -0.992. The van der Waals surface area contributed by atoms with Gasteiger partial charge in [-0.3, -0.25) is 9.59 Å². The van der Waals surface area contributed by atoms with Crippen molar-refractivity contribution in [2.24, 2.45) is 11.8 Å². The molecule has 0 radical (unpaired) electrons. The standard InChI is InChI=1S/C14H15NO5/c16-8-3-1-2-7(6-8)15-13(17)11-9-4-5-10(20-9)12(11)14(18)19/h1-3,6,9-12,16H,4-5H2,(H,15,17)(H,18,19)/t9-,10+,11-,12-/m0/s1. The highest BCUT2D eigenvalue weighted by Gasteiger charge is 2.55. The molecule has 20 heavy (non-hydrogen) atoms. The van der Waals surface area contributed by atoms with Gasteiger partial charge in [0, 0.05) is 11.8 Å². The van der Waals surface area contributed by atoms with Crippen molar-refractivity contribution < 1.29 is 24.5 Å². The van der Waals surface area contributed by atoms with Gasteiger partial charge in [-0.2, -0.15) is 0 Å². The van der Waals surface area contributed by atoms with Crippen molar-refractivity contribution in [2.75, 3.05) is 5.32 Å². The van der Waals surface area contributed by atoms with Crippen LogP contribution in [0.3, 0.4) is 0 Å². The van der Waals surface area contributed by atoms with E-state index in [-0.39, 0.29) is 23.9 Å². The lowest BCUT2D eigenvalue weighted by Gasteiger charge is -2.23. The summed E-state index contributed by atoms with van der Waals surface area (Å²) in [6.07, 6.45) is 0.722. The van der Waals surface area contributed by atoms with Crippen LogP contribution < -0.4 is 5.32 Å². The number of carboxylic acid groups (broad SMARTS) is 1. The number of carboxylic acids is 1. The molecule has 0 aromatic heterocycles. The number of anilines is 1. The van der Waals surface area contributed by atoms with E-state index in [0.717, 1.165) is 0 Å². The number of hydrogen-bond acceptors (Lipinski definition) is 4. The van der Waals surface area contributed by atoms with Crippen LogP contribution in [0.4, 0.5) is 5.69 Å². The molecule has 4 atom stereocenters. The molecule has 6 nitrogen and oxygen atoms in total. The Hall–Kier alpha value is -2.08. The van der Waals surface area contributed by atoms with Crippen molar-refractivity contribution in [3.05, 3.63) is 24.3 Å². The first-order valence-electron chi connectivity index (χ1n) is 6.54. The zero-order valence-corrected chi connectivity index (χ0v) is 10.7. The molecule has 2 fully saturated rings. The van der Waals surface area contributed by atoms with Crippen LogP contribution in [-0.4, -0.2) is 34.3 Å². The molecule has 2 aliphatic heterocycles. The summed E-state index contributed by atoms with van der Waals surface area (Å²) in [5, 5.41) is 21.3. The highest BCUT2D eigenvalue weighted by molar-refractivity contribution is 5.96. The first kappa shape index (κ1) is 12.9. The van der Waals surface area contributed by atoms with Gasteiger partial charge in [-0.25, -0.2) is 0 Å². The van der Waals surface area contributed by atoms with Gasteiger partial charge < -0.3 is 20.3 Å². The maximum atomic E-state index is 12.3. The number of ether oxygens (including phenoxy) is 1. The maximum absolute atomic E-state index is 12.3. The molecule has 6 heteroatoms. The number of benzene rings is 1. The maximum Gasteiger partial charge on any atom is 0.310 e. The van der Waals surface area contributed by atoms with E-state index in [9.17, 15) is 19.8 Å². The SMILES string of the molecule is O=C(Nc1cccc(O)c1)[C@@H]1[C@@H](C(=O)O)[C@H]2CC[C@@H]1O2. The Bertz CT molecular complexity index is 558. The van der Waals surface area contributed by atoms with Gasteiger partial charge in [0.2, 0.25) is 5.91 Å². The first-order valence-corrected chi connectivity index (χ1v) is 6.54. The van der Waals surface area contributed by atoms with Crippen LogP contribution >= 0.6 is 0 Å². The molecule has 1 amide bonds. The fourth-order valence-electron chi connectivity index (χ4n) is 3.13. The Morgan fingerprint density at radius 2 is 1.90 bits per heavy atom. The van der Waals surface area contributed by atoms with E-state index in [1.54, 1.807) is 12.1 Å². The van der Waals surface area contributed by atoms with Crippen LogP contribution in [0.25, 0.3) is 0 Å². The summed E-state index contributed by atoms with van der Waals surface area (Å²) in [6.45, 7) is 0. The van der Waals surface area contributed by atoms with Gasteiger partial charge in [-0.15, -0.1) is 0 Å². The Kier molecular flexibility index (Phi) is 3.10. The fraction of sp³-hybridized carbons (Fsp3) is 0.429. The molecule has 3 N–H and O–H groups in total. The molecule has 1 aromatic rings. The highest BCUT2D eigenvalue weighted by Crippen LogP contribution is 2.44. The summed E-state index contributed by atoms with van der Waals surface area (Å²) >= 11 is 0. The summed E-state index contributed by atoms with van der Waals surface area (Å²) in [5.74, 6) is -2.77. The van der Waals surface area contributed by atoms with E-state index in [1.807, 2.05) is 0 Å². The fourth-order valence-corrected chi connectivity index (χ4v) is 3.13. The number of carbonyl (C=O) groups excluding carboxylic acids is 1. The largest absolute Gasteiger partial charge is 0.508 e.